The summed E-state index contributed by atoms with van der Waals surface area (Å²) in [6.07, 6.45) is 3.21. The number of H-pyrrole nitrogens is 1. The summed E-state index contributed by atoms with van der Waals surface area (Å²) in [5.41, 5.74) is 5.60. The molecule has 1 amide bonds. The van der Waals surface area contributed by atoms with Gasteiger partial charge in [-0.15, -0.1) is 0 Å². The predicted molar refractivity (Wildman–Crippen MR) is 108 cm³/mol. The second-order valence-corrected chi connectivity index (χ2v) is 6.40. The average molecular weight is 375 g/mol. The van der Waals surface area contributed by atoms with E-state index in [4.69, 9.17) is 11.6 Å². The Morgan fingerprint density at radius 3 is 2.63 bits per heavy atom. The third-order valence-electron chi connectivity index (χ3n) is 4.18. The lowest BCUT2D eigenvalue weighted by Crippen LogP contribution is -2.17. The maximum Gasteiger partial charge on any atom is 0.271 e. The fraction of sp³-hybridized carbons (Fsp3) is 0. The van der Waals surface area contributed by atoms with E-state index in [9.17, 15) is 4.79 Å². The van der Waals surface area contributed by atoms with Crippen molar-refractivity contribution in [2.24, 2.45) is 5.10 Å². The number of carbonyl (C=O) groups excluding carboxylic acids is 1. The molecule has 0 fully saturated rings. The van der Waals surface area contributed by atoms with Crippen LogP contribution in [0.1, 0.15) is 15.9 Å². The van der Waals surface area contributed by atoms with Crippen LogP contribution >= 0.6 is 11.6 Å². The van der Waals surface area contributed by atoms with Gasteiger partial charge >= 0.3 is 0 Å². The molecule has 132 valence electrons. The molecule has 0 atom stereocenters. The van der Waals surface area contributed by atoms with E-state index in [0.29, 0.717) is 10.6 Å². The largest absolute Gasteiger partial charge is 0.277 e. The Hall–Kier alpha value is -3.44. The third kappa shape index (κ3) is 3.73. The fourth-order valence-electron chi connectivity index (χ4n) is 2.80. The van der Waals surface area contributed by atoms with Crippen LogP contribution in [0.25, 0.3) is 22.0 Å². The Morgan fingerprint density at radius 1 is 1.04 bits per heavy atom. The quantitative estimate of drug-likeness (QED) is 0.403. The molecule has 2 N–H and O–H groups in total. The zero-order chi connectivity index (χ0) is 18.6. The first-order chi connectivity index (χ1) is 13.2. The molecule has 1 aromatic heterocycles. The van der Waals surface area contributed by atoms with Crippen LogP contribution in [0.5, 0.6) is 0 Å². The summed E-state index contributed by atoms with van der Waals surface area (Å²) in [4.78, 5) is 12.3. The van der Waals surface area contributed by atoms with Gasteiger partial charge in [-0.05, 0) is 35.0 Å². The molecule has 3 aromatic carbocycles. The molecule has 0 aliphatic rings. The SMILES string of the molecule is O=C(N/N=C\c1cn[nH]c1-c1ccc(Cl)cc1)c1ccc2ccccc2c1. The van der Waals surface area contributed by atoms with E-state index >= 15 is 0 Å². The normalized spacial score (nSPS) is 11.1. The average Bonchev–Trinajstić information content (AvgIpc) is 3.16. The summed E-state index contributed by atoms with van der Waals surface area (Å²) in [7, 11) is 0. The molecule has 0 bridgehead atoms. The van der Waals surface area contributed by atoms with Crippen molar-refractivity contribution < 1.29 is 4.79 Å². The van der Waals surface area contributed by atoms with Crippen molar-refractivity contribution in [2.45, 2.75) is 0 Å². The highest BCUT2D eigenvalue weighted by atomic mass is 35.5. The van der Waals surface area contributed by atoms with E-state index in [0.717, 1.165) is 27.6 Å². The van der Waals surface area contributed by atoms with Crippen molar-refractivity contribution in [2.75, 3.05) is 0 Å². The molecule has 4 aromatic rings. The molecule has 0 saturated heterocycles. The van der Waals surface area contributed by atoms with E-state index < -0.39 is 0 Å². The van der Waals surface area contributed by atoms with Crippen LogP contribution in [-0.2, 0) is 0 Å². The van der Waals surface area contributed by atoms with Gasteiger partial charge in [0.2, 0.25) is 0 Å². The zero-order valence-electron chi connectivity index (χ0n) is 14.2. The number of aromatic amines is 1. The third-order valence-corrected chi connectivity index (χ3v) is 4.43. The van der Waals surface area contributed by atoms with Crippen LogP contribution in [0.2, 0.25) is 5.02 Å². The highest BCUT2D eigenvalue weighted by Gasteiger charge is 2.07. The van der Waals surface area contributed by atoms with Gasteiger partial charge in [-0.25, -0.2) is 5.43 Å². The lowest BCUT2D eigenvalue weighted by atomic mass is 10.1. The maximum absolute atomic E-state index is 12.3. The topological polar surface area (TPSA) is 70.1 Å². The van der Waals surface area contributed by atoms with Gasteiger partial charge in [0.1, 0.15) is 0 Å². The summed E-state index contributed by atoms with van der Waals surface area (Å²) < 4.78 is 0. The van der Waals surface area contributed by atoms with Gasteiger partial charge in [-0.2, -0.15) is 10.2 Å². The van der Waals surface area contributed by atoms with E-state index in [1.165, 1.54) is 0 Å². The second kappa shape index (κ2) is 7.43. The number of amides is 1. The van der Waals surface area contributed by atoms with Gasteiger partial charge in [-0.1, -0.05) is 54.1 Å². The number of halogens is 1. The van der Waals surface area contributed by atoms with Crippen molar-refractivity contribution in [3.8, 4) is 11.3 Å². The lowest BCUT2D eigenvalue weighted by Gasteiger charge is -2.03. The number of hydrazone groups is 1. The highest BCUT2D eigenvalue weighted by Crippen LogP contribution is 2.22. The van der Waals surface area contributed by atoms with Crippen LogP contribution in [0.3, 0.4) is 0 Å². The van der Waals surface area contributed by atoms with Crippen LogP contribution in [-0.4, -0.2) is 22.3 Å². The standard InChI is InChI=1S/C21H15ClN4O/c22-19-9-7-15(8-10-19)20-18(12-23-25-20)13-24-26-21(27)17-6-5-14-3-1-2-4-16(14)11-17/h1-13H,(H,23,25)(H,26,27)/b24-13-. The van der Waals surface area contributed by atoms with Crippen LogP contribution in [0, 0.1) is 0 Å². The molecule has 0 aliphatic carbocycles. The van der Waals surface area contributed by atoms with Gasteiger partial charge in [0.25, 0.3) is 5.91 Å². The first kappa shape index (κ1) is 17.0. The molecule has 0 spiro atoms. The molecule has 5 nitrogen and oxygen atoms in total. The molecule has 0 radical (unpaired) electrons. The van der Waals surface area contributed by atoms with E-state index in [1.54, 1.807) is 30.6 Å². The first-order valence-corrected chi connectivity index (χ1v) is 8.70. The first-order valence-electron chi connectivity index (χ1n) is 8.32. The number of hydrogen-bond acceptors (Lipinski definition) is 3. The van der Waals surface area contributed by atoms with Gasteiger partial charge < -0.3 is 0 Å². The Kier molecular flexibility index (Phi) is 4.68. The molecular formula is C21H15ClN4O. The minimum atomic E-state index is -0.270. The number of aromatic nitrogens is 2. The number of nitrogens with one attached hydrogen (secondary N) is 2. The number of hydrogen-bond donors (Lipinski definition) is 2. The van der Waals surface area contributed by atoms with E-state index in [1.807, 2.05) is 48.5 Å². The summed E-state index contributed by atoms with van der Waals surface area (Å²) in [6, 6.07) is 20.8. The zero-order valence-corrected chi connectivity index (χ0v) is 14.9. The molecule has 27 heavy (non-hydrogen) atoms. The minimum Gasteiger partial charge on any atom is -0.277 e. The molecule has 6 heteroatoms. The maximum atomic E-state index is 12.3. The molecule has 1 heterocycles. The summed E-state index contributed by atoms with van der Waals surface area (Å²) in [5.74, 6) is -0.270. The van der Waals surface area contributed by atoms with Crippen molar-refractivity contribution in [1.82, 2.24) is 15.6 Å². The number of rotatable bonds is 4. The number of nitrogens with zero attached hydrogens (tertiary/aromatic N) is 2. The van der Waals surface area contributed by atoms with Crippen LogP contribution in [0.4, 0.5) is 0 Å². The molecular weight excluding hydrogens is 360 g/mol. The van der Waals surface area contributed by atoms with Crippen LogP contribution < -0.4 is 5.43 Å². The van der Waals surface area contributed by atoms with E-state index in [2.05, 4.69) is 20.7 Å². The molecule has 4 rings (SSSR count). The highest BCUT2D eigenvalue weighted by molar-refractivity contribution is 6.30. The Balaban J connectivity index is 1.50. The summed E-state index contributed by atoms with van der Waals surface area (Å²) in [6.45, 7) is 0. The lowest BCUT2D eigenvalue weighted by molar-refractivity contribution is 0.0955. The Bertz CT molecular complexity index is 1130. The van der Waals surface area contributed by atoms with Gasteiger partial charge in [0.15, 0.2) is 0 Å². The van der Waals surface area contributed by atoms with Crippen molar-refractivity contribution >= 4 is 34.5 Å². The van der Waals surface area contributed by atoms with E-state index in [-0.39, 0.29) is 5.91 Å². The van der Waals surface area contributed by atoms with Gasteiger partial charge in [0, 0.05) is 21.7 Å². The van der Waals surface area contributed by atoms with Gasteiger partial charge in [-0.3, -0.25) is 9.89 Å². The number of fused-ring (bicyclic) bond motifs is 1. The van der Waals surface area contributed by atoms with Crippen molar-refractivity contribution in [3.63, 3.8) is 0 Å². The minimum absolute atomic E-state index is 0.270. The Morgan fingerprint density at radius 2 is 1.81 bits per heavy atom. The van der Waals surface area contributed by atoms with Crippen LogP contribution in [0.15, 0.2) is 78.0 Å². The monoisotopic (exact) mass is 374 g/mol. The summed E-state index contributed by atoms with van der Waals surface area (Å²) >= 11 is 5.93. The van der Waals surface area contributed by atoms with Crippen molar-refractivity contribution in [1.29, 1.82) is 0 Å². The predicted octanol–water partition coefficient (Wildman–Crippen LogP) is 4.65. The molecule has 0 aliphatic heterocycles. The Labute approximate surface area is 160 Å². The molecule has 0 unspecified atom stereocenters. The second-order valence-electron chi connectivity index (χ2n) is 5.97. The fourth-order valence-corrected chi connectivity index (χ4v) is 2.92. The smallest absolute Gasteiger partial charge is 0.271 e. The number of carbonyl (C=O) groups is 1. The van der Waals surface area contributed by atoms with Crippen molar-refractivity contribution in [3.05, 3.63) is 89.1 Å². The van der Waals surface area contributed by atoms with Gasteiger partial charge in [0.05, 0.1) is 18.1 Å². The number of benzene rings is 3. The molecule has 0 saturated carbocycles. The summed E-state index contributed by atoms with van der Waals surface area (Å²) in [5, 5.41) is 13.8.